The molecular formula is C13H13N5O2. The molecule has 3 rings (SSSR count). The Kier molecular flexibility index (Phi) is 2.50. The Hall–Kier alpha value is -2.83. The van der Waals surface area contributed by atoms with Crippen LogP contribution in [0.15, 0.2) is 23.0 Å². The standard InChI is InChI=1S/C13H13N5O2/c1-6-11(7(2)20-17-6)8-3-10-12(14)9(13(15)19)4-16-18(10)5-8/h3-5H,14H2,1-2H3,(H2,15,19). The van der Waals surface area contributed by atoms with Crippen LogP contribution in [0.5, 0.6) is 0 Å². The summed E-state index contributed by atoms with van der Waals surface area (Å²) < 4.78 is 6.75. The topological polar surface area (TPSA) is 112 Å². The number of hydrogen-bond acceptors (Lipinski definition) is 5. The van der Waals surface area contributed by atoms with E-state index in [1.54, 1.807) is 4.52 Å². The van der Waals surface area contributed by atoms with Gasteiger partial charge in [-0.2, -0.15) is 5.10 Å². The lowest BCUT2D eigenvalue weighted by Crippen LogP contribution is -2.15. The maximum atomic E-state index is 11.3. The third-order valence-electron chi connectivity index (χ3n) is 3.27. The molecule has 0 aromatic carbocycles. The van der Waals surface area contributed by atoms with Crippen molar-refractivity contribution in [2.24, 2.45) is 5.73 Å². The summed E-state index contributed by atoms with van der Waals surface area (Å²) in [5.74, 6) is 0.115. The van der Waals surface area contributed by atoms with Crippen LogP contribution < -0.4 is 11.5 Å². The highest BCUT2D eigenvalue weighted by molar-refractivity contribution is 6.01. The summed E-state index contributed by atoms with van der Waals surface area (Å²) in [6.07, 6.45) is 3.17. The van der Waals surface area contributed by atoms with Crippen molar-refractivity contribution >= 4 is 17.1 Å². The number of carbonyl (C=O) groups excluding carboxylic acids is 1. The highest BCUT2D eigenvalue weighted by Gasteiger charge is 2.16. The quantitative estimate of drug-likeness (QED) is 0.729. The summed E-state index contributed by atoms with van der Waals surface area (Å²) in [6.45, 7) is 3.70. The molecule has 0 aliphatic heterocycles. The Morgan fingerprint density at radius 3 is 2.75 bits per heavy atom. The second-order valence-corrected chi connectivity index (χ2v) is 4.59. The van der Waals surface area contributed by atoms with Crippen molar-refractivity contribution in [1.29, 1.82) is 0 Å². The predicted molar refractivity (Wildman–Crippen MR) is 73.1 cm³/mol. The van der Waals surface area contributed by atoms with E-state index in [0.717, 1.165) is 16.8 Å². The first-order chi connectivity index (χ1) is 9.49. The minimum Gasteiger partial charge on any atom is -0.396 e. The second-order valence-electron chi connectivity index (χ2n) is 4.59. The van der Waals surface area contributed by atoms with E-state index in [0.29, 0.717) is 17.0 Å². The van der Waals surface area contributed by atoms with Crippen LogP contribution in [0.2, 0.25) is 0 Å². The van der Waals surface area contributed by atoms with Gasteiger partial charge in [0.2, 0.25) is 0 Å². The highest BCUT2D eigenvalue weighted by Crippen LogP contribution is 2.30. The first-order valence-electron chi connectivity index (χ1n) is 5.99. The number of primary amides is 1. The molecule has 3 heterocycles. The maximum Gasteiger partial charge on any atom is 0.252 e. The predicted octanol–water partition coefficient (Wildman–Crippen LogP) is 1.29. The normalized spacial score (nSPS) is 11.1. The molecule has 3 aromatic heterocycles. The number of nitrogens with zero attached hydrogens (tertiary/aromatic N) is 3. The van der Waals surface area contributed by atoms with E-state index in [2.05, 4.69) is 10.3 Å². The van der Waals surface area contributed by atoms with Gasteiger partial charge in [0.15, 0.2) is 0 Å². The lowest BCUT2D eigenvalue weighted by molar-refractivity contribution is 0.100. The van der Waals surface area contributed by atoms with Gasteiger partial charge in [0.25, 0.3) is 5.91 Å². The zero-order valence-electron chi connectivity index (χ0n) is 11.0. The van der Waals surface area contributed by atoms with Gasteiger partial charge < -0.3 is 16.0 Å². The molecule has 0 radical (unpaired) electrons. The number of nitrogens with two attached hydrogens (primary N) is 2. The summed E-state index contributed by atoms with van der Waals surface area (Å²) in [7, 11) is 0. The largest absolute Gasteiger partial charge is 0.396 e. The molecule has 20 heavy (non-hydrogen) atoms. The third kappa shape index (κ3) is 1.63. The molecule has 102 valence electrons. The zero-order chi connectivity index (χ0) is 14.4. The van der Waals surface area contributed by atoms with E-state index < -0.39 is 5.91 Å². The summed E-state index contributed by atoms with van der Waals surface area (Å²) in [4.78, 5) is 11.3. The molecular weight excluding hydrogens is 258 g/mol. The van der Waals surface area contributed by atoms with E-state index in [-0.39, 0.29) is 5.56 Å². The van der Waals surface area contributed by atoms with Crippen LogP contribution in [0.3, 0.4) is 0 Å². The molecule has 0 saturated heterocycles. The highest BCUT2D eigenvalue weighted by atomic mass is 16.5. The van der Waals surface area contributed by atoms with Gasteiger partial charge in [-0.05, 0) is 19.9 Å². The number of nitrogen functional groups attached to an aromatic ring is 1. The number of carbonyl (C=O) groups is 1. The zero-order valence-corrected chi connectivity index (χ0v) is 11.0. The smallest absolute Gasteiger partial charge is 0.252 e. The molecule has 7 nitrogen and oxygen atoms in total. The van der Waals surface area contributed by atoms with Gasteiger partial charge in [-0.25, -0.2) is 4.52 Å². The Morgan fingerprint density at radius 1 is 1.40 bits per heavy atom. The van der Waals surface area contributed by atoms with Crippen LogP contribution in [-0.2, 0) is 0 Å². The van der Waals surface area contributed by atoms with Gasteiger partial charge in [-0.3, -0.25) is 4.79 Å². The Morgan fingerprint density at radius 2 is 2.15 bits per heavy atom. The minimum atomic E-state index is -0.599. The number of fused-ring (bicyclic) bond motifs is 1. The van der Waals surface area contributed by atoms with Gasteiger partial charge in [0.1, 0.15) is 5.76 Å². The maximum absolute atomic E-state index is 11.3. The fourth-order valence-electron chi connectivity index (χ4n) is 2.30. The molecule has 1 amide bonds. The van der Waals surface area contributed by atoms with Crippen LogP contribution >= 0.6 is 0 Å². The van der Waals surface area contributed by atoms with Crippen molar-refractivity contribution in [2.45, 2.75) is 13.8 Å². The van der Waals surface area contributed by atoms with Crippen molar-refractivity contribution in [1.82, 2.24) is 14.8 Å². The van der Waals surface area contributed by atoms with Crippen molar-refractivity contribution < 1.29 is 9.32 Å². The van der Waals surface area contributed by atoms with Crippen molar-refractivity contribution in [3.63, 3.8) is 0 Å². The van der Waals surface area contributed by atoms with E-state index >= 15 is 0 Å². The van der Waals surface area contributed by atoms with Crippen molar-refractivity contribution in [3.05, 3.63) is 35.5 Å². The Labute approximate surface area is 114 Å². The average Bonchev–Trinajstić information content (AvgIpc) is 2.93. The summed E-state index contributed by atoms with van der Waals surface area (Å²) in [6, 6.07) is 1.83. The third-order valence-corrected chi connectivity index (χ3v) is 3.27. The number of amides is 1. The van der Waals surface area contributed by atoms with Crippen LogP contribution in [0, 0.1) is 13.8 Å². The number of hydrogen-bond donors (Lipinski definition) is 2. The molecule has 0 spiro atoms. The molecule has 0 bridgehead atoms. The van der Waals surface area contributed by atoms with Gasteiger partial charge >= 0.3 is 0 Å². The van der Waals surface area contributed by atoms with Gasteiger partial charge in [0.05, 0.1) is 28.7 Å². The minimum absolute atomic E-state index is 0.209. The van der Waals surface area contributed by atoms with Gasteiger partial charge in [-0.1, -0.05) is 5.16 Å². The molecule has 0 atom stereocenters. The van der Waals surface area contributed by atoms with Crippen molar-refractivity contribution in [2.75, 3.05) is 5.73 Å². The number of aromatic nitrogens is 3. The Bertz CT molecular complexity index is 811. The molecule has 4 N–H and O–H groups in total. The first-order valence-corrected chi connectivity index (χ1v) is 5.99. The van der Waals surface area contributed by atoms with E-state index in [1.807, 2.05) is 26.1 Å². The lowest BCUT2D eigenvalue weighted by atomic mass is 10.1. The number of rotatable bonds is 2. The lowest BCUT2D eigenvalue weighted by Gasteiger charge is -2.02. The fourth-order valence-corrected chi connectivity index (χ4v) is 2.30. The van der Waals surface area contributed by atoms with E-state index in [1.165, 1.54) is 6.20 Å². The molecule has 3 aromatic rings. The van der Waals surface area contributed by atoms with Crippen molar-refractivity contribution in [3.8, 4) is 11.1 Å². The van der Waals surface area contributed by atoms with Gasteiger partial charge in [-0.15, -0.1) is 0 Å². The first kappa shape index (κ1) is 12.2. The van der Waals surface area contributed by atoms with Crippen LogP contribution in [0.4, 0.5) is 5.69 Å². The van der Waals surface area contributed by atoms with Crippen LogP contribution in [-0.4, -0.2) is 20.7 Å². The fraction of sp³-hybridized carbons (Fsp3) is 0.154. The van der Waals surface area contributed by atoms with Crippen LogP contribution in [0.25, 0.3) is 16.6 Å². The summed E-state index contributed by atoms with van der Waals surface area (Å²) in [5, 5.41) is 8.06. The van der Waals surface area contributed by atoms with Crippen LogP contribution in [0.1, 0.15) is 21.8 Å². The van der Waals surface area contributed by atoms with E-state index in [9.17, 15) is 4.79 Å². The molecule has 7 heteroatoms. The molecule has 0 saturated carbocycles. The van der Waals surface area contributed by atoms with E-state index in [4.69, 9.17) is 16.0 Å². The number of aryl methyl sites for hydroxylation is 2. The molecule has 0 aliphatic carbocycles. The average molecular weight is 271 g/mol. The second kappa shape index (κ2) is 4.09. The summed E-state index contributed by atoms with van der Waals surface area (Å²) >= 11 is 0. The SMILES string of the molecule is Cc1noc(C)c1-c1cc2c(N)c(C(N)=O)cnn2c1. The summed E-state index contributed by atoms with van der Waals surface area (Å²) in [5.41, 5.74) is 14.9. The molecule has 0 unspecified atom stereocenters. The molecule has 0 fully saturated rings. The molecule has 0 aliphatic rings. The monoisotopic (exact) mass is 271 g/mol. The Balaban J connectivity index is 2.26. The number of anilines is 1. The van der Waals surface area contributed by atoms with Gasteiger partial charge in [0, 0.05) is 17.3 Å².